The van der Waals surface area contributed by atoms with Crippen LogP contribution in [0.3, 0.4) is 0 Å². The number of rotatable bonds is 4. The largest absolute Gasteiger partial charge is 0.497 e. The molecule has 0 spiro atoms. The van der Waals surface area contributed by atoms with E-state index < -0.39 is 11.3 Å². The Labute approximate surface area is 125 Å². The van der Waals surface area contributed by atoms with Crippen molar-refractivity contribution in [2.24, 2.45) is 0 Å². The first kappa shape index (κ1) is 15.1. The Morgan fingerprint density at radius 2 is 2.25 bits per heavy atom. The van der Waals surface area contributed by atoms with Gasteiger partial charge in [-0.15, -0.1) is 10.1 Å². The number of benzene rings is 1. The summed E-state index contributed by atoms with van der Waals surface area (Å²) in [6, 6.07) is 5.80. The van der Waals surface area contributed by atoms with Crippen molar-refractivity contribution < 1.29 is 14.7 Å². The minimum atomic E-state index is -0.718. The standard InChI is InChI=1S/C13H17BrN2O4/c1-15-6-5-9(7-13(15)20-16(17)18)11-8-10(19-2)3-4-12(11)14/h3-4,8-9,13H,5-7H2,1-2H3. The lowest BCUT2D eigenvalue weighted by atomic mass is 9.88. The van der Waals surface area contributed by atoms with E-state index in [-0.39, 0.29) is 5.92 Å². The molecule has 0 radical (unpaired) electrons. The molecule has 1 heterocycles. The highest BCUT2D eigenvalue weighted by Gasteiger charge is 2.30. The summed E-state index contributed by atoms with van der Waals surface area (Å²) in [6.45, 7) is 0.757. The summed E-state index contributed by atoms with van der Waals surface area (Å²) < 4.78 is 6.24. The lowest BCUT2D eigenvalue weighted by Gasteiger charge is -2.35. The van der Waals surface area contributed by atoms with Gasteiger partial charge in [0.1, 0.15) is 5.75 Å². The molecule has 0 bridgehead atoms. The van der Waals surface area contributed by atoms with Crippen molar-refractivity contribution in [3.8, 4) is 5.75 Å². The van der Waals surface area contributed by atoms with Crippen LogP contribution in [0.25, 0.3) is 0 Å². The number of hydrogen-bond donors (Lipinski definition) is 0. The van der Waals surface area contributed by atoms with Gasteiger partial charge in [0.05, 0.1) is 7.11 Å². The molecule has 6 nitrogen and oxygen atoms in total. The number of likely N-dealkylation sites (tertiary alicyclic amines) is 1. The minimum absolute atomic E-state index is 0.209. The van der Waals surface area contributed by atoms with Gasteiger partial charge in [-0.05, 0) is 49.6 Å². The first-order valence-corrected chi connectivity index (χ1v) is 7.15. The zero-order valence-corrected chi connectivity index (χ0v) is 13.0. The highest BCUT2D eigenvalue weighted by molar-refractivity contribution is 9.10. The fourth-order valence-electron chi connectivity index (χ4n) is 2.51. The van der Waals surface area contributed by atoms with E-state index in [9.17, 15) is 10.1 Å². The molecule has 1 saturated heterocycles. The van der Waals surface area contributed by atoms with E-state index in [1.165, 1.54) is 0 Å². The molecule has 1 aromatic carbocycles. The Kier molecular flexibility index (Phi) is 4.82. The normalized spacial score (nSPS) is 23.4. The van der Waals surface area contributed by atoms with Gasteiger partial charge in [-0.3, -0.25) is 9.74 Å². The van der Waals surface area contributed by atoms with Crippen LogP contribution in [0.4, 0.5) is 0 Å². The van der Waals surface area contributed by atoms with Gasteiger partial charge < -0.3 is 4.74 Å². The fraction of sp³-hybridized carbons (Fsp3) is 0.538. The molecule has 110 valence electrons. The van der Waals surface area contributed by atoms with Gasteiger partial charge >= 0.3 is 0 Å². The van der Waals surface area contributed by atoms with Gasteiger partial charge in [0.2, 0.25) is 0 Å². The van der Waals surface area contributed by atoms with Gasteiger partial charge in [-0.25, -0.2) is 0 Å². The highest BCUT2D eigenvalue weighted by Crippen LogP contribution is 2.37. The molecule has 0 N–H and O–H groups in total. The number of nitrogens with zero attached hydrogens (tertiary/aromatic N) is 2. The summed E-state index contributed by atoms with van der Waals surface area (Å²) in [6.07, 6.45) is 1.02. The number of halogens is 1. The van der Waals surface area contributed by atoms with Crippen molar-refractivity contribution >= 4 is 15.9 Å². The van der Waals surface area contributed by atoms with Crippen molar-refractivity contribution in [3.63, 3.8) is 0 Å². The van der Waals surface area contributed by atoms with Crippen LogP contribution < -0.4 is 4.74 Å². The van der Waals surface area contributed by atoms with Crippen LogP contribution in [0, 0.1) is 10.1 Å². The molecule has 0 aliphatic carbocycles. The van der Waals surface area contributed by atoms with Crippen molar-refractivity contribution in [2.75, 3.05) is 20.7 Å². The molecule has 20 heavy (non-hydrogen) atoms. The molecule has 0 saturated carbocycles. The van der Waals surface area contributed by atoms with Crippen LogP contribution in [-0.4, -0.2) is 36.9 Å². The molecular weight excluding hydrogens is 328 g/mol. The lowest BCUT2D eigenvalue weighted by Crippen LogP contribution is -2.42. The third kappa shape index (κ3) is 3.40. The van der Waals surface area contributed by atoms with Gasteiger partial charge in [-0.1, -0.05) is 15.9 Å². The molecule has 1 aromatic rings. The van der Waals surface area contributed by atoms with Crippen molar-refractivity contribution in [2.45, 2.75) is 25.0 Å². The molecular formula is C13H17BrN2O4. The van der Waals surface area contributed by atoms with Crippen molar-refractivity contribution in [1.82, 2.24) is 4.90 Å². The van der Waals surface area contributed by atoms with Gasteiger partial charge in [0.25, 0.3) is 5.09 Å². The molecule has 7 heteroatoms. The molecule has 2 rings (SSSR count). The monoisotopic (exact) mass is 344 g/mol. The molecule has 2 unspecified atom stereocenters. The van der Waals surface area contributed by atoms with E-state index in [2.05, 4.69) is 15.9 Å². The molecule has 1 fully saturated rings. The third-order valence-corrected chi connectivity index (χ3v) is 4.38. The average Bonchev–Trinajstić information content (AvgIpc) is 2.41. The summed E-state index contributed by atoms with van der Waals surface area (Å²) in [5, 5.41) is 9.83. The predicted molar refractivity (Wildman–Crippen MR) is 77.2 cm³/mol. The molecule has 1 aliphatic heterocycles. The van der Waals surface area contributed by atoms with Crippen molar-refractivity contribution in [1.29, 1.82) is 0 Å². The van der Waals surface area contributed by atoms with E-state index in [0.717, 1.165) is 28.8 Å². The number of methoxy groups -OCH3 is 1. The Balaban J connectivity index is 2.18. The fourth-order valence-corrected chi connectivity index (χ4v) is 3.08. The Hall–Kier alpha value is -1.34. The van der Waals surface area contributed by atoms with Crippen LogP contribution >= 0.6 is 15.9 Å². The topological polar surface area (TPSA) is 64.8 Å². The number of piperidine rings is 1. The molecule has 0 amide bonds. The SMILES string of the molecule is COc1ccc(Br)c(C2CCN(C)C(O[N+](=O)[O-])C2)c1. The van der Waals surface area contributed by atoms with Crippen LogP contribution in [-0.2, 0) is 4.84 Å². The highest BCUT2D eigenvalue weighted by atomic mass is 79.9. The summed E-state index contributed by atoms with van der Waals surface area (Å²) in [4.78, 5) is 17.2. The first-order valence-electron chi connectivity index (χ1n) is 6.36. The van der Waals surface area contributed by atoms with Gasteiger partial charge in [-0.2, -0.15) is 0 Å². The summed E-state index contributed by atoms with van der Waals surface area (Å²) in [5.41, 5.74) is 1.11. The van der Waals surface area contributed by atoms with E-state index in [1.807, 2.05) is 30.1 Å². The lowest BCUT2D eigenvalue weighted by molar-refractivity contribution is -0.775. The van der Waals surface area contributed by atoms with E-state index >= 15 is 0 Å². The average molecular weight is 345 g/mol. The summed E-state index contributed by atoms with van der Waals surface area (Å²) >= 11 is 3.54. The third-order valence-electron chi connectivity index (χ3n) is 3.66. The minimum Gasteiger partial charge on any atom is -0.497 e. The van der Waals surface area contributed by atoms with Crippen LogP contribution in [0.1, 0.15) is 24.3 Å². The maximum Gasteiger partial charge on any atom is 0.296 e. The zero-order chi connectivity index (χ0) is 14.7. The molecule has 1 aliphatic rings. The van der Waals surface area contributed by atoms with Crippen LogP contribution in [0.15, 0.2) is 22.7 Å². The number of hydrogen-bond acceptors (Lipinski definition) is 5. The van der Waals surface area contributed by atoms with Crippen LogP contribution in [0.5, 0.6) is 5.75 Å². The zero-order valence-electron chi connectivity index (χ0n) is 11.4. The molecule has 0 aromatic heterocycles. The van der Waals surface area contributed by atoms with Crippen molar-refractivity contribution in [3.05, 3.63) is 38.3 Å². The summed E-state index contributed by atoms with van der Waals surface area (Å²) in [7, 11) is 3.46. The van der Waals surface area contributed by atoms with Gasteiger partial charge in [0, 0.05) is 11.0 Å². The van der Waals surface area contributed by atoms with E-state index in [4.69, 9.17) is 9.57 Å². The maximum atomic E-state index is 10.6. The Morgan fingerprint density at radius 3 is 2.90 bits per heavy atom. The van der Waals surface area contributed by atoms with E-state index in [1.54, 1.807) is 7.11 Å². The molecule has 2 atom stereocenters. The maximum absolute atomic E-state index is 10.6. The smallest absolute Gasteiger partial charge is 0.296 e. The quantitative estimate of drug-likeness (QED) is 0.620. The Morgan fingerprint density at radius 1 is 1.50 bits per heavy atom. The first-order chi connectivity index (χ1) is 9.51. The summed E-state index contributed by atoms with van der Waals surface area (Å²) in [5.74, 6) is 0.995. The second kappa shape index (κ2) is 6.41. The second-order valence-electron chi connectivity index (χ2n) is 4.87. The number of ether oxygens (including phenoxy) is 1. The van der Waals surface area contributed by atoms with Crippen LogP contribution in [0.2, 0.25) is 0 Å². The van der Waals surface area contributed by atoms with Gasteiger partial charge in [0.15, 0.2) is 6.23 Å². The van der Waals surface area contributed by atoms with E-state index in [0.29, 0.717) is 6.42 Å². The predicted octanol–water partition coefficient (Wildman–Crippen LogP) is 2.80. The Bertz CT molecular complexity index is 497. The second-order valence-corrected chi connectivity index (χ2v) is 5.73.